The highest BCUT2D eigenvalue weighted by Gasteiger charge is 2.17. The number of hydrogen-bond acceptors (Lipinski definition) is 5. The topological polar surface area (TPSA) is 96.7 Å². The van der Waals surface area contributed by atoms with Crippen LogP contribution in [0.15, 0.2) is 53.4 Å². The number of rotatable bonds is 3. The zero-order valence-electron chi connectivity index (χ0n) is 10.7. The van der Waals surface area contributed by atoms with E-state index in [1.807, 2.05) is 6.07 Å². The molecular weight excluding hydrogens is 270 g/mol. The number of amides is 1. The largest absolute Gasteiger partial charge is 0.459 e. The molecule has 0 bridgehead atoms. The molecule has 0 spiro atoms. The monoisotopic (exact) mass is 279 g/mol. The van der Waals surface area contributed by atoms with Gasteiger partial charge in [-0.15, -0.1) is 0 Å². The van der Waals surface area contributed by atoms with Gasteiger partial charge in [0.15, 0.2) is 17.4 Å². The standard InChI is InChI=1S/C14H9N5O2/c15-8-10-9-17-19(12-5-1-2-6-16-12)13(10)18-14(20)11-4-3-7-21-11/h1-7,9H,(H,18,20). The molecule has 0 aliphatic carbocycles. The van der Waals surface area contributed by atoms with E-state index in [-0.39, 0.29) is 17.1 Å². The highest BCUT2D eigenvalue weighted by atomic mass is 16.3. The van der Waals surface area contributed by atoms with Crippen LogP contribution in [-0.2, 0) is 0 Å². The van der Waals surface area contributed by atoms with Crippen molar-refractivity contribution in [2.45, 2.75) is 0 Å². The number of carbonyl (C=O) groups excluding carboxylic acids is 1. The third kappa shape index (κ3) is 2.37. The van der Waals surface area contributed by atoms with Gasteiger partial charge in [0.05, 0.1) is 12.5 Å². The summed E-state index contributed by atoms with van der Waals surface area (Å²) in [6.07, 6.45) is 4.36. The van der Waals surface area contributed by atoms with Crippen LogP contribution in [0.25, 0.3) is 5.82 Å². The number of aromatic nitrogens is 3. The van der Waals surface area contributed by atoms with E-state index in [1.165, 1.54) is 23.2 Å². The molecule has 0 aliphatic rings. The summed E-state index contributed by atoms with van der Waals surface area (Å²) in [6, 6.07) is 10.4. The van der Waals surface area contributed by atoms with E-state index in [0.29, 0.717) is 5.82 Å². The lowest BCUT2D eigenvalue weighted by Crippen LogP contribution is -2.15. The molecule has 7 nitrogen and oxygen atoms in total. The average molecular weight is 279 g/mol. The number of nitrogens with one attached hydrogen (secondary N) is 1. The second kappa shape index (κ2) is 5.30. The number of hydrogen-bond donors (Lipinski definition) is 1. The first-order valence-corrected chi connectivity index (χ1v) is 6.04. The highest BCUT2D eigenvalue weighted by molar-refractivity contribution is 6.02. The lowest BCUT2D eigenvalue weighted by atomic mass is 10.3. The van der Waals surface area contributed by atoms with E-state index in [1.54, 1.807) is 30.5 Å². The van der Waals surface area contributed by atoms with Crippen LogP contribution in [0.5, 0.6) is 0 Å². The number of pyridine rings is 1. The Morgan fingerprint density at radius 2 is 2.24 bits per heavy atom. The second-order valence-electron chi connectivity index (χ2n) is 4.05. The van der Waals surface area contributed by atoms with Crippen LogP contribution in [-0.4, -0.2) is 20.7 Å². The van der Waals surface area contributed by atoms with E-state index in [9.17, 15) is 4.79 Å². The molecule has 0 aliphatic heterocycles. The fraction of sp³-hybridized carbons (Fsp3) is 0. The third-order valence-corrected chi connectivity index (χ3v) is 2.73. The highest BCUT2D eigenvalue weighted by Crippen LogP contribution is 2.19. The van der Waals surface area contributed by atoms with E-state index < -0.39 is 5.91 Å². The Morgan fingerprint density at radius 3 is 2.90 bits per heavy atom. The van der Waals surface area contributed by atoms with E-state index in [2.05, 4.69) is 15.4 Å². The number of carbonyl (C=O) groups is 1. The molecule has 1 amide bonds. The van der Waals surface area contributed by atoms with Gasteiger partial charge in [0.1, 0.15) is 11.6 Å². The number of anilines is 1. The number of furan rings is 1. The summed E-state index contributed by atoms with van der Waals surface area (Å²) in [6.45, 7) is 0. The zero-order chi connectivity index (χ0) is 14.7. The number of nitriles is 1. The number of nitrogens with zero attached hydrogens (tertiary/aromatic N) is 4. The third-order valence-electron chi connectivity index (χ3n) is 2.73. The summed E-state index contributed by atoms with van der Waals surface area (Å²) in [5.41, 5.74) is 0.237. The normalized spacial score (nSPS) is 10.0. The molecule has 0 saturated heterocycles. The maximum Gasteiger partial charge on any atom is 0.292 e. The predicted octanol–water partition coefficient (Wildman–Crippen LogP) is 1.98. The van der Waals surface area contributed by atoms with Crippen molar-refractivity contribution < 1.29 is 9.21 Å². The van der Waals surface area contributed by atoms with Gasteiger partial charge in [-0.05, 0) is 24.3 Å². The average Bonchev–Trinajstić information content (AvgIpc) is 3.17. The quantitative estimate of drug-likeness (QED) is 0.790. The fourth-order valence-corrected chi connectivity index (χ4v) is 1.78. The molecule has 1 N–H and O–H groups in total. The summed E-state index contributed by atoms with van der Waals surface area (Å²) >= 11 is 0. The smallest absolute Gasteiger partial charge is 0.292 e. The maximum atomic E-state index is 12.0. The van der Waals surface area contributed by atoms with Crippen molar-refractivity contribution in [3.8, 4) is 11.9 Å². The molecule has 7 heteroatoms. The minimum absolute atomic E-state index is 0.146. The molecule has 0 atom stereocenters. The van der Waals surface area contributed by atoms with Gasteiger partial charge in [-0.25, -0.2) is 4.98 Å². The fourth-order valence-electron chi connectivity index (χ4n) is 1.78. The molecule has 102 valence electrons. The van der Waals surface area contributed by atoms with Gasteiger partial charge < -0.3 is 9.73 Å². The first-order chi connectivity index (χ1) is 10.3. The first-order valence-electron chi connectivity index (χ1n) is 6.04. The van der Waals surface area contributed by atoms with E-state index in [4.69, 9.17) is 9.68 Å². The van der Waals surface area contributed by atoms with Crippen LogP contribution in [0.4, 0.5) is 5.82 Å². The predicted molar refractivity (Wildman–Crippen MR) is 72.7 cm³/mol. The molecule has 0 fully saturated rings. The summed E-state index contributed by atoms with van der Waals surface area (Å²) in [7, 11) is 0. The Hall–Kier alpha value is -3.40. The lowest BCUT2D eigenvalue weighted by molar-refractivity contribution is 0.0996. The molecule has 3 aromatic rings. The molecule has 0 aromatic carbocycles. The summed E-state index contributed by atoms with van der Waals surface area (Å²) in [5.74, 6) is 0.424. The van der Waals surface area contributed by atoms with Crippen molar-refractivity contribution in [3.63, 3.8) is 0 Å². The van der Waals surface area contributed by atoms with Crippen molar-refractivity contribution in [3.05, 3.63) is 60.3 Å². The van der Waals surface area contributed by atoms with E-state index >= 15 is 0 Å². The van der Waals surface area contributed by atoms with Crippen molar-refractivity contribution in [2.75, 3.05) is 5.32 Å². The molecule has 3 heterocycles. The molecule has 3 aromatic heterocycles. The molecule has 0 unspecified atom stereocenters. The second-order valence-corrected chi connectivity index (χ2v) is 4.05. The van der Waals surface area contributed by atoms with Crippen LogP contribution in [0, 0.1) is 11.3 Å². The van der Waals surface area contributed by atoms with Gasteiger partial charge in [-0.1, -0.05) is 6.07 Å². The van der Waals surface area contributed by atoms with Gasteiger partial charge in [0.2, 0.25) is 0 Å². The van der Waals surface area contributed by atoms with Crippen LogP contribution < -0.4 is 5.32 Å². The molecule has 3 rings (SSSR count). The van der Waals surface area contributed by atoms with Crippen LogP contribution in [0.2, 0.25) is 0 Å². The molecule has 0 radical (unpaired) electrons. The SMILES string of the molecule is N#Cc1cnn(-c2ccccn2)c1NC(=O)c1ccco1. The van der Waals surface area contributed by atoms with E-state index in [0.717, 1.165) is 0 Å². The van der Waals surface area contributed by atoms with Crippen LogP contribution in [0.1, 0.15) is 16.1 Å². The molecule has 0 saturated carbocycles. The van der Waals surface area contributed by atoms with Crippen LogP contribution in [0.3, 0.4) is 0 Å². The maximum absolute atomic E-state index is 12.0. The van der Waals surface area contributed by atoms with Gasteiger partial charge in [0.25, 0.3) is 5.91 Å². The van der Waals surface area contributed by atoms with Gasteiger partial charge in [0, 0.05) is 6.20 Å². The van der Waals surface area contributed by atoms with Gasteiger partial charge >= 0.3 is 0 Å². The molecular formula is C14H9N5O2. The minimum Gasteiger partial charge on any atom is -0.459 e. The van der Waals surface area contributed by atoms with Crippen molar-refractivity contribution >= 4 is 11.7 Å². The van der Waals surface area contributed by atoms with Gasteiger partial charge in [-0.2, -0.15) is 15.0 Å². The van der Waals surface area contributed by atoms with Crippen molar-refractivity contribution in [1.82, 2.24) is 14.8 Å². The Morgan fingerprint density at radius 1 is 1.33 bits per heavy atom. The Kier molecular flexibility index (Phi) is 3.19. The minimum atomic E-state index is -0.464. The Balaban J connectivity index is 2.00. The molecule has 21 heavy (non-hydrogen) atoms. The zero-order valence-corrected chi connectivity index (χ0v) is 10.7. The van der Waals surface area contributed by atoms with Crippen molar-refractivity contribution in [2.24, 2.45) is 0 Å². The summed E-state index contributed by atoms with van der Waals surface area (Å²) in [5, 5.41) is 15.8. The van der Waals surface area contributed by atoms with Crippen LogP contribution >= 0.6 is 0 Å². The summed E-state index contributed by atoms with van der Waals surface area (Å²) in [4.78, 5) is 16.2. The Bertz CT molecular complexity index is 800. The first kappa shape index (κ1) is 12.6. The summed E-state index contributed by atoms with van der Waals surface area (Å²) < 4.78 is 6.41. The van der Waals surface area contributed by atoms with Crippen molar-refractivity contribution in [1.29, 1.82) is 5.26 Å². The Labute approximate surface area is 119 Å². The lowest BCUT2D eigenvalue weighted by Gasteiger charge is -2.07. The van der Waals surface area contributed by atoms with Gasteiger partial charge in [-0.3, -0.25) is 4.79 Å².